The molecule has 0 amide bonds. The summed E-state index contributed by atoms with van der Waals surface area (Å²) in [6, 6.07) is 0. The molecule has 0 spiro atoms. The Morgan fingerprint density at radius 1 is 1.21 bits per heavy atom. The van der Waals surface area contributed by atoms with Gasteiger partial charge < -0.3 is 15.4 Å². The Balaban J connectivity index is 2.38. The number of ether oxygens (including phenoxy) is 1. The SMILES string of the molecule is CCCCOCCCNC(=NCc1nc(C(C)(C)C)cs1)NCC. The van der Waals surface area contributed by atoms with Gasteiger partial charge in [0, 0.05) is 37.1 Å². The Labute approximate surface area is 151 Å². The van der Waals surface area contributed by atoms with Crippen molar-refractivity contribution in [3.63, 3.8) is 0 Å². The largest absolute Gasteiger partial charge is 0.381 e. The topological polar surface area (TPSA) is 58.5 Å². The number of rotatable bonds is 10. The molecule has 0 aliphatic heterocycles. The van der Waals surface area contributed by atoms with E-state index in [1.165, 1.54) is 6.42 Å². The summed E-state index contributed by atoms with van der Waals surface area (Å²) in [7, 11) is 0. The summed E-state index contributed by atoms with van der Waals surface area (Å²) in [6.07, 6.45) is 3.31. The zero-order valence-electron chi connectivity index (χ0n) is 15.9. The first-order valence-electron chi connectivity index (χ1n) is 9.02. The van der Waals surface area contributed by atoms with Gasteiger partial charge in [-0.25, -0.2) is 9.98 Å². The summed E-state index contributed by atoms with van der Waals surface area (Å²) in [5.74, 6) is 0.846. The first kappa shape index (κ1) is 20.9. The van der Waals surface area contributed by atoms with Crippen molar-refractivity contribution in [2.45, 2.75) is 65.8 Å². The van der Waals surface area contributed by atoms with Crippen molar-refractivity contribution in [2.24, 2.45) is 4.99 Å². The molecule has 0 radical (unpaired) electrons. The van der Waals surface area contributed by atoms with E-state index in [1.807, 2.05) is 0 Å². The summed E-state index contributed by atoms with van der Waals surface area (Å²) in [4.78, 5) is 9.32. The van der Waals surface area contributed by atoms with Crippen molar-refractivity contribution < 1.29 is 4.74 Å². The van der Waals surface area contributed by atoms with Crippen LogP contribution in [-0.4, -0.2) is 37.2 Å². The van der Waals surface area contributed by atoms with E-state index >= 15 is 0 Å². The predicted octanol–water partition coefficient (Wildman–Crippen LogP) is 3.70. The van der Waals surface area contributed by atoms with Gasteiger partial charge in [0.2, 0.25) is 0 Å². The van der Waals surface area contributed by atoms with Gasteiger partial charge in [-0.05, 0) is 19.8 Å². The Kier molecular flexibility index (Phi) is 9.95. The Hall–Kier alpha value is -1.14. The van der Waals surface area contributed by atoms with Gasteiger partial charge in [0.1, 0.15) is 5.01 Å². The molecule has 5 nitrogen and oxygen atoms in total. The first-order valence-corrected chi connectivity index (χ1v) is 9.90. The Morgan fingerprint density at radius 2 is 1.96 bits per heavy atom. The summed E-state index contributed by atoms with van der Waals surface area (Å²) >= 11 is 1.68. The lowest BCUT2D eigenvalue weighted by Crippen LogP contribution is -2.38. The number of nitrogens with one attached hydrogen (secondary N) is 2. The van der Waals surface area contributed by atoms with Gasteiger partial charge in [0.15, 0.2) is 5.96 Å². The van der Waals surface area contributed by atoms with Gasteiger partial charge in [0.05, 0.1) is 12.2 Å². The van der Waals surface area contributed by atoms with Gasteiger partial charge >= 0.3 is 0 Å². The van der Waals surface area contributed by atoms with E-state index in [0.29, 0.717) is 6.54 Å². The van der Waals surface area contributed by atoms with Crippen LogP contribution in [0.3, 0.4) is 0 Å². The van der Waals surface area contributed by atoms with Crippen LogP contribution in [0.1, 0.15) is 64.6 Å². The average molecular weight is 355 g/mol. The third-order valence-corrected chi connectivity index (χ3v) is 4.27. The average Bonchev–Trinajstić information content (AvgIpc) is 3.01. The maximum absolute atomic E-state index is 5.57. The van der Waals surface area contributed by atoms with Crippen LogP contribution in [0.2, 0.25) is 0 Å². The number of guanidine groups is 1. The summed E-state index contributed by atoms with van der Waals surface area (Å²) < 4.78 is 5.57. The highest BCUT2D eigenvalue weighted by Gasteiger charge is 2.17. The molecule has 1 aromatic heterocycles. The van der Waals surface area contributed by atoms with E-state index in [4.69, 9.17) is 4.74 Å². The standard InChI is InChI=1S/C18H34N4OS/c1-6-8-11-23-12-9-10-20-17(19-7-2)21-13-16-22-15(14-24-16)18(3,4)5/h14H,6-13H2,1-5H3,(H2,19,20,21). The van der Waals surface area contributed by atoms with Crippen LogP contribution in [0.4, 0.5) is 0 Å². The minimum atomic E-state index is 0.0962. The number of aromatic nitrogens is 1. The normalized spacial score (nSPS) is 12.5. The van der Waals surface area contributed by atoms with Crippen molar-refractivity contribution in [3.05, 3.63) is 16.1 Å². The smallest absolute Gasteiger partial charge is 0.191 e. The van der Waals surface area contributed by atoms with Crippen molar-refractivity contribution in [1.29, 1.82) is 0 Å². The molecule has 0 fully saturated rings. The van der Waals surface area contributed by atoms with E-state index in [1.54, 1.807) is 11.3 Å². The zero-order valence-corrected chi connectivity index (χ0v) is 16.8. The van der Waals surface area contributed by atoms with Crippen LogP contribution in [-0.2, 0) is 16.7 Å². The van der Waals surface area contributed by atoms with Crippen LogP contribution in [0.15, 0.2) is 10.4 Å². The van der Waals surface area contributed by atoms with E-state index in [-0.39, 0.29) is 5.41 Å². The summed E-state index contributed by atoms with van der Waals surface area (Å²) in [5, 5.41) is 9.82. The molecule has 1 heterocycles. The summed E-state index contributed by atoms with van der Waals surface area (Å²) in [5.41, 5.74) is 1.24. The maximum atomic E-state index is 5.57. The lowest BCUT2D eigenvalue weighted by molar-refractivity contribution is 0.129. The molecule has 0 aromatic carbocycles. The van der Waals surface area contributed by atoms with Crippen LogP contribution in [0, 0.1) is 0 Å². The number of thiazole rings is 1. The molecule has 0 saturated heterocycles. The molecule has 6 heteroatoms. The van der Waals surface area contributed by atoms with E-state index in [9.17, 15) is 0 Å². The fourth-order valence-corrected chi connectivity index (χ4v) is 2.89. The number of aliphatic imine (C=N–C) groups is 1. The lowest BCUT2D eigenvalue weighted by Gasteiger charge is -2.14. The second-order valence-corrected chi connectivity index (χ2v) is 7.76. The number of unbranched alkanes of at least 4 members (excludes halogenated alkanes) is 1. The van der Waals surface area contributed by atoms with Crippen LogP contribution < -0.4 is 10.6 Å². The highest BCUT2D eigenvalue weighted by atomic mass is 32.1. The Bertz CT molecular complexity index is 480. The van der Waals surface area contributed by atoms with Crippen LogP contribution in [0.25, 0.3) is 0 Å². The van der Waals surface area contributed by atoms with Crippen molar-refractivity contribution in [3.8, 4) is 0 Å². The molecule has 0 aliphatic rings. The minimum absolute atomic E-state index is 0.0962. The molecule has 1 aromatic rings. The van der Waals surface area contributed by atoms with E-state index < -0.39 is 0 Å². The molecule has 0 aliphatic carbocycles. The highest BCUT2D eigenvalue weighted by Crippen LogP contribution is 2.24. The molecule has 1 rings (SSSR count). The second-order valence-electron chi connectivity index (χ2n) is 6.82. The van der Waals surface area contributed by atoms with Crippen LogP contribution >= 0.6 is 11.3 Å². The van der Waals surface area contributed by atoms with Crippen molar-refractivity contribution in [2.75, 3.05) is 26.3 Å². The number of nitrogens with zero attached hydrogens (tertiary/aromatic N) is 2. The third kappa shape index (κ3) is 8.64. The molecule has 0 unspecified atom stereocenters. The molecule has 24 heavy (non-hydrogen) atoms. The molecular formula is C18H34N4OS. The van der Waals surface area contributed by atoms with Gasteiger partial charge in [-0.3, -0.25) is 0 Å². The summed E-state index contributed by atoms with van der Waals surface area (Å²) in [6.45, 7) is 14.8. The molecule has 138 valence electrons. The van der Waals surface area contributed by atoms with E-state index in [2.05, 4.69) is 60.6 Å². The lowest BCUT2D eigenvalue weighted by atomic mass is 9.93. The molecule has 0 bridgehead atoms. The monoisotopic (exact) mass is 354 g/mol. The molecule has 2 N–H and O–H groups in total. The zero-order chi connectivity index (χ0) is 17.8. The van der Waals surface area contributed by atoms with Gasteiger partial charge in [-0.15, -0.1) is 11.3 Å². The van der Waals surface area contributed by atoms with Crippen molar-refractivity contribution in [1.82, 2.24) is 15.6 Å². The highest BCUT2D eigenvalue weighted by molar-refractivity contribution is 7.09. The fraction of sp³-hybridized carbons (Fsp3) is 0.778. The fourth-order valence-electron chi connectivity index (χ4n) is 1.95. The van der Waals surface area contributed by atoms with Gasteiger partial charge in [0.25, 0.3) is 0 Å². The Morgan fingerprint density at radius 3 is 2.58 bits per heavy atom. The van der Waals surface area contributed by atoms with Gasteiger partial charge in [-0.2, -0.15) is 0 Å². The molecular weight excluding hydrogens is 320 g/mol. The van der Waals surface area contributed by atoms with Crippen LogP contribution in [0.5, 0.6) is 0 Å². The van der Waals surface area contributed by atoms with Gasteiger partial charge in [-0.1, -0.05) is 34.1 Å². The maximum Gasteiger partial charge on any atom is 0.191 e. The predicted molar refractivity (Wildman–Crippen MR) is 104 cm³/mol. The second kappa shape index (κ2) is 11.4. The quantitative estimate of drug-likeness (QED) is 0.382. The third-order valence-electron chi connectivity index (χ3n) is 3.44. The molecule has 0 saturated carbocycles. The first-order chi connectivity index (χ1) is 11.5. The van der Waals surface area contributed by atoms with Crippen molar-refractivity contribution >= 4 is 17.3 Å². The molecule has 0 atom stereocenters. The minimum Gasteiger partial charge on any atom is -0.381 e. The van der Waals surface area contributed by atoms with E-state index in [0.717, 1.165) is 55.8 Å². The number of hydrogen-bond donors (Lipinski definition) is 2. The number of hydrogen-bond acceptors (Lipinski definition) is 4.